The zero-order chi connectivity index (χ0) is 23.3. The van der Waals surface area contributed by atoms with E-state index in [-0.39, 0.29) is 29.9 Å². The molecule has 5 nitrogen and oxygen atoms in total. The van der Waals surface area contributed by atoms with Gasteiger partial charge >= 0.3 is 0 Å². The van der Waals surface area contributed by atoms with Crippen LogP contribution in [0.5, 0.6) is 0 Å². The molecule has 32 heavy (non-hydrogen) atoms. The fraction of sp³-hybridized carbons (Fsp3) is 0.320. The van der Waals surface area contributed by atoms with E-state index in [9.17, 15) is 14.7 Å². The van der Waals surface area contributed by atoms with Gasteiger partial charge in [0.25, 0.3) is 5.91 Å². The Labute approximate surface area is 198 Å². The van der Waals surface area contributed by atoms with Gasteiger partial charge in [0.05, 0.1) is 11.6 Å². The molecule has 1 saturated heterocycles. The summed E-state index contributed by atoms with van der Waals surface area (Å²) >= 11 is 12.4. The molecule has 0 saturated carbocycles. The number of hydrogen-bond donors (Lipinski definition) is 1. The molecule has 168 valence electrons. The van der Waals surface area contributed by atoms with Gasteiger partial charge in [-0.2, -0.15) is 0 Å². The maximum absolute atomic E-state index is 13.0. The molecule has 2 aromatic rings. The van der Waals surface area contributed by atoms with Crippen molar-refractivity contribution in [2.45, 2.75) is 39.2 Å². The Morgan fingerprint density at radius 3 is 2.75 bits per heavy atom. The quantitative estimate of drug-likeness (QED) is 0.327. The number of pyridine rings is 1. The average Bonchev–Trinajstić information content (AvgIpc) is 3.29. The monoisotopic (exact) mass is 472 g/mol. The highest BCUT2D eigenvalue weighted by molar-refractivity contribution is 6.36. The number of likely N-dealkylation sites (tertiary alicyclic amines) is 1. The van der Waals surface area contributed by atoms with E-state index in [0.29, 0.717) is 39.8 Å². The van der Waals surface area contributed by atoms with Crippen LogP contribution < -0.4 is 0 Å². The molecular formula is C25H26Cl2N2O3. The van der Waals surface area contributed by atoms with Gasteiger partial charge in [-0.3, -0.25) is 9.59 Å². The predicted octanol–water partition coefficient (Wildman–Crippen LogP) is 5.52. The zero-order valence-corrected chi connectivity index (χ0v) is 19.7. The van der Waals surface area contributed by atoms with Crippen LogP contribution >= 0.6 is 23.2 Å². The molecule has 1 aromatic heterocycles. The molecular weight excluding hydrogens is 447 g/mol. The second kappa shape index (κ2) is 10.9. The van der Waals surface area contributed by atoms with Crippen LogP contribution in [0.1, 0.15) is 64.6 Å². The minimum absolute atomic E-state index is 0.0532. The Kier molecular flexibility index (Phi) is 8.24. The number of nitrogens with zero attached hydrogens (tertiary/aromatic N) is 2. The summed E-state index contributed by atoms with van der Waals surface area (Å²) in [7, 11) is 0. The third-order valence-corrected chi connectivity index (χ3v) is 6.29. The van der Waals surface area contributed by atoms with Gasteiger partial charge in [-0.25, -0.2) is 4.98 Å². The number of ketones is 1. The second-order valence-corrected chi connectivity index (χ2v) is 8.45. The fourth-order valence-electron chi connectivity index (χ4n) is 4.00. The molecule has 0 bridgehead atoms. The molecule has 0 spiro atoms. The van der Waals surface area contributed by atoms with E-state index in [1.165, 1.54) is 0 Å². The Hall–Kier alpha value is -2.47. The van der Waals surface area contributed by atoms with E-state index in [0.717, 1.165) is 18.4 Å². The molecule has 1 aromatic carbocycles. The number of carbonyl (C=O) groups excluding carboxylic acids is 2. The van der Waals surface area contributed by atoms with Crippen molar-refractivity contribution in [1.29, 1.82) is 0 Å². The molecule has 0 radical (unpaired) electrons. The number of amides is 1. The highest BCUT2D eigenvalue weighted by Gasteiger charge is 2.31. The molecule has 1 N–H and O–H groups in total. The van der Waals surface area contributed by atoms with Gasteiger partial charge in [0, 0.05) is 41.4 Å². The van der Waals surface area contributed by atoms with Gasteiger partial charge in [-0.05, 0) is 49.1 Å². The summed E-state index contributed by atoms with van der Waals surface area (Å²) in [6, 6.07) is 8.69. The minimum atomic E-state index is -0.203. The number of aliphatic hydroxyl groups is 1. The van der Waals surface area contributed by atoms with Gasteiger partial charge in [0.15, 0.2) is 5.78 Å². The summed E-state index contributed by atoms with van der Waals surface area (Å²) in [5.41, 5.74) is 2.77. The summed E-state index contributed by atoms with van der Waals surface area (Å²) in [4.78, 5) is 31.6. The van der Waals surface area contributed by atoms with Crippen molar-refractivity contribution in [1.82, 2.24) is 9.88 Å². The number of carbonyl (C=O) groups is 2. The minimum Gasteiger partial charge on any atom is -0.392 e. The normalized spacial score (nSPS) is 17.0. The van der Waals surface area contributed by atoms with Crippen molar-refractivity contribution in [3.8, 4) is 0 Å². The number of halogens is 2. The second-order valence-electron chi connectivity index (χ2n) is 7.63. The smallest absolute Gasteiger partial charge is 0.274 e. The summed E-state index contributed by atoms with van der Waals surface area (Å²) in [5, 5.41) is 10.7. The molecule has 1 fully saturated rings. The van der Waals surface area contributed by atoms with Crippen LogP contribution in [0.25, 0.3) is 0 Å². The van der Waals surface area contributed by atoms with Gasteiger partial charge in [0.1, 0.15) is 5.69 Å². The third-order valence-electron chi connectivity index (χ3n) is 5.63. The molecule has 1 aliphatic rings. The Bertz CT molecular complexity index is 1080. The molecule has 0 aliphatic carbocycles. The van der Waals surface area contributed by atoms with E-state index < -0.39 is 0 Å². The number of aliphatic hydroxyl groups excluding tert-OH is 1. The van der Waals surface area contributed by atoms with Crippen LogP contribution in [-0.2, 0) is 6.61 Å². The lowest BCUT2D eigenvalue weighted by Gasteiger charge is -2.18. The number of benzene rings is 1. The molecule has 1 aliphatic heterocycles. The Balaban J connectivity index is 1.81. The highest BCUT2D eigenvalue weighted by atomic mass is 35.5. The van der Waals surface area contributed by atoms with Crippen LogP contribution in [0.2, 0.25) is 5.02 Å². The number of rotatable bonds is 7. The molecule has 1 unspecified atom stereocenters. The van der Waals surface area contributed by atoms with Crippen LogP contribution in [0.15, 0.2) is 59.3 Å². The van der Waals surface area contributed by atoms with E-state index in [1.807, 2.05) is 13.0 Å². The lowest BCUT2D eigenvalue weighted by molar-refractivity contribution is 0.0785. The first-order valence-electron chi connectivity index (χ1n) is 10.6. The van der Waals surface area contributed by atoms with Crippen LogP contribution in [0.4, 0.5) is 0 Å². The van der Waals surface area contributed by atoms with Gasteiger partial charge in [-0.15, -0.1) is 0 Å². The Morgan fingerprint density at radius 2 is 2.09 bits per heavy atom. The zero-order valence-electron chi connectivity index (χ0n) is 18.1. The van der Waals surface area contributed by atoms with Crippen LogP contribution in [0.3, 0.4) is 0 Å². The standard InChI is InChI=1S/C25H26Cl2N2O3/c1-3-6-21(26)19(4-2)24(31)16-8-9-20(18(13-16)15-30)17-10-12-29(14-17)25(32)23-22(27)7-5-11-28-23/h4-9,11,13,17,30H,3,10,12,14-15H2,1-2H3/b19-4+,21-6+. The van der Waals surface area contributed by atoms with Gasteiger partial charge < -0.3 is 10.0 Å². The first kappa shape index (κ1) is 24.2. The number of aromatic nitrogens is 1. The lowest BCUT2D eigenvalue weighted by atomic mass is 9.90. The lowest BCUT2D eigenvalue weighted by Crippen LogP contribution is -2.29. The number of allylic oxidation sites excluding steroid dienone is 4. The molecule has 3 rings (SSSR count). The van der Waals surface area contributed by atoms with E-state index in [2.05, 4.69) is 4.98 Å². The van der Waals surface area contributed by atoms with Crippen molar-refractivity contribution in [3.63, 3.8) is 0 Å². The van der Waals surface area contributed by atoms with E-state index >= 15 is 0 Å². The third kappa shape index (κ3) is 5.12. The van der Waals surface area contributed by atoms with Crippen molar-refractivity contribution in [3.05, 3.63) is 86.7 Å². The first-order chi connectivity index (χ1) is 15.4. The maximum atomic E-state index is 13.0. The largest absolute Gasteiger partial charge is 0.392 e. The fourth-order valence-corrected chi connectivity index (χ4v) is 4.55. The van der Waals surface area contributed by atoms with Crippen molar-refractivity contribution < 1.29 is 14.7 Å². The van der Waals surface area contributed by atoms with E-state index in [4.69, 9.17) is 23.2 Å². The molecule has 1 amide bonds. The van der Waals surface area contributed by atoms with Crippen molar-refractivity contribution in [2.75, 3.05) is 13.1 Å². The van der Waals surface area contributed by atoms with E-state index in [1.54, 1.807) is 54.4 Å². The maximum Gasteiger partial charge on any atom is 0.274 e. The summed E-state index contributed by atoms with van der Waals surface area (Å²) in [6.07, 6.45) is 6.53. The molecule has 7 heteroatoms. The summed E-state index contributed by atoms with van der Waals surface area (Å²) < 4.78 is 0. The summed E-state index contributed by atoms with van der Waals surface area (Å²) in [5.74, 6) is -0.334. The first-order valence-corrected chi connectivity index (χ1v) is 11.4. The average molecular weight is 473 g/mol. The van der Waals surface area contributed by atoms with Crippen molar-refractivity contribution >= 4 is 34.9 Å². The van der Waals surface area contributed by atoms with Crippen LogP contribution in [0, 0.1) is 0 Å². The van der Waals surface area contributed by atoms with Crippen molar-refractivity contribution in [2.24, 2.45) is 0 Å². The summed E-state index contributed by atoms with van der Waals surface area (Å²) in [6.45, 7) is 4.60. The number of hydrogen-bond acceptors (Lipinski definition) is 4. The van der Waals surface area contributed by atoms with Gasteiger partial charge in [0.2, 0.25) is 0 Å². The molecule has 1 atom stereocenters. The highest BCUT2D eigenvalue weighted by Crippen LogP contribution is 2.32. The Morgan fingerprint density at radius 1 is 1.31 bits per heavy atom. The number of Topliss-reactive ketones (excluding diaryl/α,β-unsaturated/α-hetero) is 1. The SMILES string of the molecule is C/C=C(C(=O)c1ccc(C2CCN(C(=O)c3ncccc3Cl)C2)c(CO)c1)\C(Cl)=C/CC. The van der Waals surface area contributed by atoms with Crippen LogP contribution in [-0.4, -0.2) is 39.8 Å². The molecule has 2 heterocycles. The predicted molar refractivity (Wildman–Crippen MR) is 127 cm³/mol. The topological polar surface area (TPSA) is 70.5 Å². The van der Waals surface area contributed by atoms with Gasteiger partial charge in [-0.1, -0.05) is 54.4 Å².